The molecule has 1 N–H and O–H groups in total. The molecule has 1 fully saturated rings. The molecule has 19 heavy (non-hydrogen) atoms. The molecule has 1 aliphatic carbocycles. The Kier molecular flexibility index (Phi) is 4.65. The van der Waals surface area contributed by atoms with E-state index in [2.05, 4.69) is 19.2 Å². The summed E-state index contributed by atoms with van der Waals surface area (Å²) in [4.78, 5) is 0. The first-order valence-electron chi connectivity index (χ1n) is 6.85. The van der Waals surface area contributed by atoms with E-state index >= 15 is 0 Å². The standard InChI is InChI=1S/C15H21Cl2NO/c1-4-15(3)12(9-13(15)19-5-2)18-14-10(16)7-6-8-11(14)17/h6-8,12-13,18H,4-5,9H2,1-3H3. The molecule has 1 aromatic rings. The predicted octanol–water partition coefficient (Wildman–Crippen LogP) is 5.00. The van der Waals surface area contributed by atoms with Gasteiger partial charge in [-0.3, -0.25) is 0 Å². The maximum absolute atomic E-state index is 6.21. The summed E-state index contributed by atoms with van der Waals surface area (Å²) in [5, 5.41) is 4.85. The Balaban J connectivity index is 2.12. The molecule has 0 aliphatic heterocycles. The van der Waals surface area contributed by atoms with Gasteiger partial charge in [0.15, 0.2) is 0 Å². The minimum Gasteiger partial charge on any atom is -0.379 e. The van der Waals surface area contributed by atoms with Crippen LogP contribution in [0.1, 0.15) is 33.6 Å². The third-order valence-electron chi connectivity index (χ3n) is 4.39. The van der Waals surface area contributed by atoms with Crippen LogP contribution in [0.2, 0.25) is 10.0 Å². The number of ether oxygens (including phenoxy) is 1. The first kappa shape index (κ1) is 15.0. The van der Waals surface area contributed by atoms with Crippen molar-refractivity contribution in [3.63, 3.8) is 0 Å². The minimum absolute atomic E-state index is 0.137. The van der Waals surface area contributed by atoms with E-state index in [4.69, 9.17) is 27.9 Å². The SMILES string of the molecule is CCOC1CC(Nc2c(Cl)cccc2Cl)C1(C)CC. The van der Waals surface area contributed by atoms with Crippen LogP contribution in [0.3, 0.4) is 0 Å². The van der Waals surface area contributed by atoms with E-state index in [9.17, 15) is 0 Å². The lowest BCUT2D eigenvalue weighted by Gasteiger charge is -2.54. The van der Waals surface area contributed by atoms with Crippen LogP contribution in [0.25, 0.3) is 0 Å². The van der Waals surface area contributed by atoms with Gasteiger partial charge in [-0.05, 0) is 31.9 Å². The number of rotatable bonds is 5. The molecule has 106 valence electrons. The first-order chi connectivity index (χ1) is 9.02. The number of hydrogen-bond donors (Lipinski definition) is 1. The third-order valence-corrected chi connectivity index (χ3v) is 5.02. The Bertz CT molecular complexity index is 432. The first-order valence-corrected chi connectivity index (χ1v) is 7.60. The second kappa shape index (κ2) is 5.90. The van der Waals surface area contributed by atoms with E-state index in [1.54, 1.807) is 0 Å². The Morgan fingerprint density at radius 3 is 2.47 bits per heavy atom. The van der Waals surface area contributed by atoms with Gasteiger partial charge in [0.2, 0.25) is 0 Å². The topological polar surface area (TPSA) is 21.3 Å². The molecule has 0 amide bonds. The van der Waals surface area contributed by atoms with Crippen LogP contribution in [0.4, 0.5) is 5.69 Å². The smallest absolute Gasteiger partial charge is 0.0721 e. The van der Waals surface area contributed by atoms with Gasteiger partial charge in [0, 0.05) is 18.1 Å². The van der Waals surface area contributed by atoms with Crippen molar-refractivity contribution in [3.05, 3.63) is 28.2 Å². The van der Waals surface area contributed by atoms with Crippen molar-refractivity contribution in [2.24, 2.45) is 5.41 Å². The summed E-state index contributed by atoms with van der Waals surface area (Å²) in [6, 6.07) is 5.93. The lowest BCUT2D eigenvalue weighted by Crippen LogP contribution is -2.59. The fourth-order valence-corrected chi connectivity index (χ4v) is 3.29. The van der Waals surface area contributed by atoms with Crippen LogP contribution in [0.15, 0.2) is 18.2 Å². The molecule has 3 atom stereocenters. The molecular weight excluding hydrogens is 281 g/mol. The summed E-state index contributed by atoms with van der Waals surface area (Å²) >= 11 is 12.4. The molecule has 0 spiro atoms. The molecule has 0 heterocycles. The van der Waals surface area contributed by atoms with E-state index in [-0.39, 0.29) is 5.41 Å². The number of halogens is 2. The lowest BCUT2D eigenvalue weighted by molar-refractivity contribution is -0.109. The van der Waals surface area contributed by atoms with Crippen LogP contribution in [0.5, 0.6) is 0 Å². The van der Waals surface area contributed by atoms with Crippen molar-refractivity contribution in [2.75, 3.05) is 11.9 Å². The highest BCUT2D eigenvalue weighted by molar-refractivity contribution is 6.39. The molecule has 4 heteroatoms. The highest BCUT2D eigenvalue weighted by atomic mass is 35.5. The van der Waals surface area contributed by atoms with Crippen molar-refractivity contribution < 1.29 is 4.74 Å². The molecule has 1 saturated carbocycles. The van der Waals surface area contributed by atoms with Crippen molar-refractivity contribution in [1.29, 1.82) is 0 Å². The highest BCUT2D eigenvalue weighted by Crippen LogP contribution is 2.48. The van der Waals surface area contributed by atoms with Crippen LogP contribution in [-0.2, 0) is 4.74 Å². The quantitative estimate of drug-likeness (QED) is 0.826. The molecule has 0 radical (unpaired) electrons. The zero-order valence-corrected chi connectivity index (χ0v) is 13.2. The van der Waals surface area contributed by atoms with Gasteiger partial charge in [0.25, 0.3) is 0 Å². The molecule has 2 nitrogen and oxygen atoms in total. The van der Waals surface area contributed by atoms with E-state index in [1.165, 1.54) is 0 Å². The fraction of sp³-hybridized carbons (Fsp3) is 0.600. The number of nitrogens with one attached hydrogen (secondary N) is 1. The lowest BCUT2D eigenvalue weighted by atomic mass is 9.61. The van der Waals surface area contributed by atoms with Gasteiger partial charge in [-0.25, -0.2) is 0 Å². The van der Waals surface area contributed by atoms with Crippen molar-refractivity contribution >= 4 is 28.9 Å². The third kappa shape index (κ3) is 2.72. The fourth-order valence-electron chi connectivity index (χ4n) is 2.78. The minimum atomic E-state index is 0.137. The zero-order valence-electron chi connectivity index (χ0n) is 11.7. The zero-order chi connectivity index (χ0) is 14.0. The van der Waals surface area contributed by atoms with Crippen molar-refractivity contribution in [3.8, 4) is 0 Å². The van der Waals surface area contributed by atoms with Crippen LogP contribution in [0, 0.1) is 5.41 Å². The molecule has 0 bridgehead atoms. The van der Waals surface area contributed by atoms with Crippen LogP contribution >= 0.6 is 23.2 Å². The number of hydrogen-bond acceptors (Lipinski definition) is 2. The van der Waals surface area contributed by atoms with Crippen LogP contribution in [-0.4, -0.2) is 18.8 Å². The van der Waals surface area contributed by atoms with Crippen LogP contribution < -0.4 is 5.32 Å². The van der Waals surface area contributed by atoms with Crippen molar-refractivity contribution in [1.82, 2.24) is 0 Å². The second-order valence-electron chi connectivity index (χ2n) is 5.33. The second-order valence-corrected chi connectivity index (χ2v) is 6.15. The van der Waals surface area contributed by atoms with E-state index in [0.717, 1.165) is 25.1 Å². The summed E-state index contributed by atoms with van der Waals surface area (Å²) in [6.45, 7) is 7.27. The van der Waals surface area contributed by atoms with Gasteiger partial charge in [-0.2, -0.15) is 0 Å². The van der Waals surface area contributed by atoms with Gasteiger partial charge in [0.1, 0.15) is 0 Å². The predicted molar refractivity (Wildman–Crippen MR) is 82.3 cm³/mol. The molecule has 2 rings (SSSR count). The van der Waals surface area contributed by atoms with Gasteiger partial charge < -0.3 is 10.1 Å². The number of benzene rings is 1. The summed E-state index contributed by atoms with van der Waals surface area (Å²) in [5.74, 6) is 0. The number of anilines is 1. The summed E-state index contributed by atoms with van der Waals surface area (Å²) in [5.41, 5.74) is 0.976. The normalized spacial score (nSPS) is 29.9. The van der Waals surface area contributed by atoms with E-state index in [0.29, 0.717) is 22.2 Å². The van der Waals surface area contributed by atoms with Crippen molar-refractivity contribution in [2.45, 2.75) is 45.8 Å². The molecule has 1 aliphatic rings. The maximum Gasteiger partial charge on any atom is 0.0721 e. The van der Waals surface area contributed by atoms with Gasteiger partial charge in [0.05, 0.1) is 21.8 Å². The van der Waals surface area contributed by atoms with Gasteiger partial charge in [-0.1, -0.05) is 43.1 Å². The van der Waals surface area contributed by atoms with E-state index < -0.39 is 0 Å². The molecule has 0 saturated heterocycles. The van der Waals surface area contributed by atoms with E-state index in [1.807, 2.05) is 25.1 Å². The maximum atomic E-state index is 6.21. The van der Waals surface area contributed by atoms with Gasteiger partial charge >= 0.3 is 0 Å². The Labute approximate surface area is 125 Å². The average molecular weight is 302 g/mol. The Morgan fingerprint density at radius 2 is 1.95 bits per heavy atom. The van der Waals surface area contributed by atoms with Gasteiger partial charge in [-0.15, -0.1) is 0 Å². The molecule has 1 aromatic carbocycles. The average Bonchev–Trinajstić information content (AvgIpc) is 2.39. The highest BCUT2D eigenvalue weighted by Gasteiger charge is 2.51. The summed E-state index contributed by atoms with van der Waals surface area (Å²) in [6.07, 6.45) is 2.39. The Morgan fingerprint density at radius 1 is 1.32 bits per heavy atom. The number of para-hydroxylation sites is 1. The summed E-state index contributed by atoms with van der Waals surface area (Å²) in [7, 11) is 0. The molecule has 3 unspecified atom stereocenters. The monoisotopic (exact) mass is 301 g/mol. The molecule has 0 aromatic heterocycles. The molecular formula is C15H21Cl2NO. The largest absolute Gasteiger partial charge is 0.379 e. The summed E-state index contributed by atoms with van der Waals surface area (Å²) < 4.78 is 5.81. The Hall–Kier alpha value is -0.440.